The van der Waals surface area contributed by atoms with E-state index in [2.05, 4.69) is 65.3 Å². The lowest BCUT2D eigenvalue weighted by Gasteiger charge is -2.37. The first-order valence-corrected chi connectivity index (χ1v) is 8.88. The van der Waals surface area contributed by atoms with Crippen LogP contribution in [0.3, 0.4) is 0 Å². The second kappa shape index (κ2) is 6.31. The van der Waals surface area contributed by atoms with E-state index in [0.29, 0.717) is 11.8 Å². The van der Waals surface area contributed by atoms with Crippen LogP contribution in [0.2, 0.25) is 0 Å². The van der Waals surface area contributed by atoms with Gasteiger partial charge in [-0.15, -0.1) is 0 Å². The Balaban J connectivity index is 1.35. The van der Waals surface area contributed by atoms with Gasteiger partial charge in [-0.05, 0) is 36.5 Å². The average Bonchev–Trinajstić information content (AvgIpc) is 3.43. The van der Waals surface area contributed by atoms with E-state index >= 15 is 0 Å². The predicted octanol–water partition coefficient (Wildman–Crippen LogP) is 3.45. The van der Waals surface area contributed by atoms with Gasteiger partial charge < -0.3 is 9.80 Å². The van der Waals surface area contributed by atoms with Crippen LogP contribution in [0.25, 0.3) is 0 Å². The number of benzene rings is 2. The zero-order valence-electron chi connectivity index (χ0n) is 14.2. The molecule has 3 heteroatoms. The molecule has 24 heavy (non-hydrogen) atoms. The van der Waals surface area contributed by atoms with Crippen molar-refractivity contribution in [2.75, 3.05) is 31.1 Å². The van der Waals surface area contributed by atoms with Crippen LogP contribution in [0.15, 0.2) is 54.6 Å². The molecule has 2 unspecified atom stereocenters. The number of nitrogens with zero attached hydrogens (tertiary/aromatic N) is 2. The van der Waals surface area contributed by atoms with Gasteiger partial charge in [-0.25, -0.2) is 0 Å². The maximum Gasteiger partial charge on any atom is 0.226 e. The van der Waals surface area contributed by atoms with Gasteiger partial charge in [0.15, 0.2) is 0 Å². The molecule has 2 aromatic rings. The van der Waals surface area contributed by atoms with Gasteiger partial charge in [0.25, 0.3) is 0 Å². The van der Waals surface area contributed by atoms with Crippen LogP contribution in [0.1, 0.15) is 23.5 Å². The summed E-state index contributed by atoms with van der Waals surface area (Å²) in [6, 6.07) is 19.0. The number of para-hydroxylation sites is 1. The van der Waals surface area contributed by atoms with E-state index in [9.17, 15) is 4.79 Å². The predicted molar refractivity (Wildman–Crippen MR) is 97.3 cm³/mol. The molecule has 1 heterocycles. The van der Waals surface area contributed by atoms with E-state index in [1.807, 2.05) is 6.07 Å². The molecule has 0 bridgehead atoms. The highest BCUT2D eigenvalue weighted by Gasteiger charge is 2.45. The molecule has 2 fully saturated rings. The van der Waals surface area contributed by atoms with Crippen LogP contribution in [0.4, 0.5) is 5.69 Å². The van der Waals surface area contributed by atoms with Gasteiger partial charge in [0.2, 0.25) is 5.91 Å². The van der Waals surface area contributed by atoms with Crippen LogP contribution < -0.4 is 4.90 Å². The number of hydrogen-bond acceptors (Lipinski definition) is 2. The van der Waals surface area contributed by atoms with Crippen LogP contribution >= 0.6 is 0 Å². The van der Waals surface area contributed by atoms with Gasteiger partial charge in [0.1, 0.15) is 0 Å². The van der Waals surface area contributed by atoms with E-state index in [1.54, 1.807) is 0 Å². The summed E-state index contributed by atoms with van der Waals surface area (Å²) < 4.78 is 0. The summed E-state index contributed by atoms with van der Waals surface area (Å²) in [6.07, 6.45) is 1.01. The van der Waals surface area contributed by atoms with E-state index < -0.39 is 0 Å². The minimum atomic E-state index is 0.206. The standard InChI is InChI=1S/C21H24N2O/c1-16-7-5-6-10-20(16)22-11-13-23(14-12-22)21(24)19-15-18(19)17-8-3-2-4-9-17/h2-10,18-19H,11-15H2,1H3. The SMILES string of the molecule is Cc1ccccc1N1CCN(C(=O)C2CC2c2ccccc2)CC1. The summed E-state index contributed by atoms with van der Waals surface area (Å²) >= 11 is 0. The van der Waals surface area contributed by atoms with Crippen molar-refractivity contribution in [3.63, 3.8) is 0 Å². The minimum Gasteiger partial charge on any atom is -0.368 e. The molecule has 4 rings (SSSR count). The molecule has 0 aromatic heterocycles. The van der Waals surface area contributed by atoms with Gasteiger partial charge in [-0.1, -0.05) is 48.5 Å². The fourth-order valence-electron chi connectivity index (χ4n) is 3.86. The fourth-order valence-corrected chi connectivity index (χ4v) is 3.86. The maximum atomic E-state index is 12.8. The third kappa shape index (κ3) is 2.91. The molecular formula is C21H24N2O. The van der Waals surface area contributed by atoms with Crippen molar-refractivity contribution in [3.05, 3.63) is 65.7 Å². The van der Waals surface area contributed by atoms with Crippen molar-refractivity contribution in [3.8, 4) is 0 Å². The number of aryl methyl sites for hydroxylation is 1. The quantitative estimate of drug-likeness (QED) is 0.865. The second-order valence-corrected chi connectivity index (χ2v) is 6.96. The van der Waals surface area contributed by atoms with E-state index in [1.165, 1.54) is 16.8 Å². The monoisotopic (exact) mass is 320 g/mol. The third-order valence-electron chi connectivity index (χ3n) is 5.38. The Bertz CT molecular complexity index is 720. The summed E-state index contributed by atoms with van der Waals surface area (Å²) in [5.74, 6) is 0.999. The number of piperazine rings is 1. The Morgan fingerprint density at radius 1 is 0.917 bits per heavy atom. The highest BCUT2D eigenvalue weighted by Crippen LogP contribution is 2.48. The average molecular weight is 320 g/mol. The van der Waals surface area contributed by atoms with E-state index in [-0.39, 0.29) is 5.92 Å². The zero-order chi connectivity index (χ0) is 16.5. The van der Waals surface area contributed by atoms with Crippen LogP contribution in [0, 0.1) is 12.8 Å². The molecule has 0 spiro atoms. The summed E-state index contributed by atoms with van der Waals surface area (Å²) in [7, 11) is 0. The lowest BCUT2D eigenvalue weighted by molar-refractivity contribution is -0.132. The summed E-state index contributed by atoms with van der Waals surface area (Å²) in [4.78, 5) is 17.2. The number of rotatable bonds is 3. The second-order valence-electron chi connectivity index (χ2n) is 6.96. The number of anilines is 1. The number of carbonyl (C=O) groups excluding carboxylic acids is 1. The summed E-state index contributed by atoms with van der Waals surface area (Å²) in [5, 5.41) is 0. The molecule has 1 saturated carbocycles. The maximum absolute atomic E-state index is 12.8. The first-order chi connectivity index (χ1) is 11.7. The fraction of sp³-hybridized carbons (Fsp3) is 0.381. The number of carbonyl (C=O) groups is 1. The Morgan fingerprint density at radius 3 is 2.29 bits per heavy atom. The molecule has 2 aliphatic rings. The Morgan fingerprint density at radius 2 is 1.58 bits per heavy atom. The van der Waals surface area contributed by atoms with Crippen molar-refractivity contribution in [1.29, 1.82) is 0 Å². The zero-order valence-corrected chi connectivity index (χ0v) is 14.2. The largest absolute Gasteiger partial charge is 0.368 e. The molecule has 3 nitrogen and oxygen atoms in total. The molecule has 1 aliphatic heterocycles. The highest BCUT2D eigenvalue weighted by atomic mass is 16.2. The summed E-state index contributed by atoms with van der Waals surface area (Å²) in [5.41, 5.74) is 3.93. The van der Waals surface area contributed by atoms with Crippen molar-refractivity contribution in [2.24, 2.45) is 5.92 Å². The molecule has 1 aliphatic carbocycles. The van der Waals surface area contributed by atoms with Crippen LogP contribution in [0.5, 0.6) is 0 Å². The summed E-state index contributed by atoms with van der Waals surface area (Å²) in [6.45, 7) is 5.69. The minimum absolute atomic E-state index is 0.206. The number of hydrogen-bond donors (Lipinski definition) is 0. The normalized spacial score (nSPS) is 23.2. The lowest BCUT2D eigenvalue weighted by atomic mass is 10.1. The molecule has 2 atom stereocenters. The van der Waals surface area contributed by atoms with Crippen molar-refractivity contribution < 1.29 is 4.79 Å². The molecule has 2 aromatic carbocycles. The first kappa shape index (κ1) is 15.3. The van der Waals surface area contributed by atoms with Crippen molar-refractivity contribution >= 4 is 11.6 Å². The van der Waals surface area contributed by atoms with E-state index in [0.717, 1.165) is 32.6 Å². The van der Waals surface area contributed by atoms with Gasteiger partial charge in [0, 0.05) is 37.8 Å². The third-order valence-corrected chi connectivity index (χ3v) is 5.38. The topological polar surface area (TPSA) is 23.6 Å². The molecule has 1 saturated heterocycles. The van der Waals surface area contributed by atoms with E-state index in [4.69, 9.17) is 0 Å². The van der Waals surface area contributed by atoms with Crippen molar-refractivity contribution in [1.82, 2.24) is 4.90 Å². The first-order valence-electron chi connectivity index (χ1n) is 8.88. The molecule has 0 radical (unpaired) electrons. The molecule has 124 valence electrons. The van der Waals surface area contributed by atoms with Crippen molar-refractivity contribution in [2.45, 2.75) is 19.3 Å². The Hall–Kier alpha value is -2.29. The van der Waals surface area contributed by atoms with Gasteiger partial charge in [-0.2, -0.15) is 0 Å². The van der Waals surface area contributed by atoms with Gasteiger partial charge in [0.05, 0.1) is 0 Å². The van der Waals surface area contributed by atoms with Crippen LogP contribution in [-0.2, 0) is 4.79 Å². The smallest absolute Gasteiger partial charge is 0.226 e. The van der Waals surface area contributed by atoms with Crippen LogP contribution in [-0.4, -0.2) is 37.0 Å². The molecular weight excluding hydrogens is 296 g/mol. The Kier molecular flexibility index (Phi) is 4.01. The molecule has 1 amide bonds. The highest BCUT2D eigenvalue weighted by molar-refractivity contribution is 5.83. The Labute approximate surface area is 143 Å². The van der Waals surface area contributed by atoms with Gasteiger partial charge in [-0.3, -0.25) is 4.79 Å². The number of amides is 1. The van der Waals surface area contributed by atoms with Gasteiger partial charge >= 0.3 is 0 Å². The molecule has 0 N–H and O–H groups in total. The lowest BCUT2D eigenvalue weighted by Crippen LogP contribution is -2.49.